The van der Waals surface area contributed by atoms with Crippen LogP contribution in [0.2, 0.25) is 5.15 Å². The summed E-state index contributed by atoms with van der Waals surface area (Å²) in [7, 11) is 2.03. The van der Waals surface area contributed by atoms with Crippen molar-refractivity contribution in [2.75, 3.05) is 17.7 Å². The Kier molecular flexibility index (Phi) is 3.20. The summed E-state index contributed by atoms with van der Waals surface area (Å²) in [4.78, 5) is 13.4. The number of anilines is 2. The zero-order chi connectivity index (χ0) is 14.1. The first-order valence-electron chi connectivity index (χ1n) is 6.20. The van der Waals surface area contributed by atoms with E-state index in [0.29, 0.717) is 17.3 Å². The van der Waals surface area contributed by atoms with Gasteiger partial charge in [-0.05, 0) is 12.1 Å². The van der Waals surface area contributed by atoms with Crippen LogP contribution < -0.4 is 10.6 Å². The number of nitrogens with two attached hydrogens (primary N) is 1. The molecule has 0 fully saturated rings. The number of hydrogen-bond donors (Lipinski definition) is 2. The van der Waals surface area contributed by atoms with Gasteiger partial charge in [0.2, 0.25) is 5.95 Å². The SMILES string of the molecule is CN(Cc1c[nH]c2nc(N)nc(Cl)c12)c1ccccc1. The van der Waals surface area contributed by atoms with Gasteiger partial charge in [0.05, 0.1) is 5.39 Å². The molecule has 0 aliphatic rings. The highest BCUT2D eigenvalue weighted by Gasteiger charge is 2.13. The number of halogens is 1. The molecule has 6 heteroatoms. The van der Waals surface area contributed by atoms with E-state index in [-0.39, 0.29) is 5.95 Å². The maximum atomic E-state index is 6.17. The van der Waals surface area contributed by atoms with Crippen molar-refractivity contribution in [1.29, 1.82) is 0 Å². The van der Waals surface area contributed by atoms with Crippen LogP contribution in [0.15, 0.2) is 36.5 Å². The van der Waals surface area contributed by atoms with Gasteiger partial charge in [-0.3, -0.25) is 0 Å². The van der Waals surface area contributed by atoms with Crippen LogP contribution in [-0.2, 0) is 6.54 Å². The molecule has 5 nitrogen and oxygen atoms in total. The van der Waals surface area contributed by atoms with E-state index in [4.69, 9.17) is 17.3 Å². The van der Waals surface area contributed by atoms with Crippen LogP contribution in [0.1, 0.15) is 5.56 Å². The topological polar surface area (TPSA) is 70.8 Å². The Morgan fingerprint density at radius 2 is 2.00 bits per heavy atom. The molecule has 1 aromatic carbocycles. The Bertz CT molecular complexity index is 738. The van der Waals surface area contributed by atoms with Gasteiger partial charge < -0.3 is 15.6 Å². The van der Waals surface area contributed by atoms with E-state index in [2.05, 4.69) is 32.0 Å². The number of fused-ring (bicyclic) bond motifs is 1. The summed E-state index contributed by atoms with van der Waals surface area (Å²) in [5.74, 6) is 0.173. The van der Waals surface area contributed by atoms with E-state index in [9.17, 15) is 0 Å². The molecule has 3 aromatic rings. The van der Waals surface area contributed by atoms with Crippen molar-refractivity contribution >= 4 is 34.3 Å². The van der Waals surface area contributed by atoms with Crippen molar-refractivity contribution < 1.29 is 0 Å². The van der Waals surface area contributed by atoms with Crippen LogP contribution in [-0.4, -0.2) is 22.0 Å². The maximum Gasteiger partial charge on any atom is 0.223 e. The first-order valence-corrected chi connectivity index (χ1v) is 6.58. The van der Waals surface area contributed by atoms with Gasteiger partial charge in [0.1, 0.15) is 10.8 Å². The first-order chi connectivity index (χ1) is 9.65. The van der Waals surface area contributed by atoms with Gasteiger partial charge in [0.25, 0.3) is 0 Å². The molecule has 0 saturated heterocycles. The molecule has 0 aliphatic carbocycles. The third-order valence-electron chi connectivity index (χ3n) is 3.19. The summed E-state index contributed by atoms with van der Waals surface area (Å²) in [6, 6.07) is 10.1. The molecule has 0 bridgehead atoms. The van der Waals surface area contributed by atoms with Crippen molar-refractivity contribution in [2.45, 2.75) is 6.54 Å². The molecule has 0 radical (unpaired) electrons. The fraction of sp³-hybridized carbons (Fsp3) is 0.143. The number of H-pyrrole nitrogens is 1. The minimum atomic E-state index is 0.173. The van der Waals surface area contributed by atoms with E-state index < -0.39 is 0 Å². The summed E-state index contributed by atoms with van der Waals surface area (Å²) < 4.78 is 0. The minimum Gasteiger partial charge on any atom is -0.370 e. The van der Waals surface area contributed by atoms with E-state index in [1.165, 1.54) is 0 Å². The number of nitrogens with zero attached hydrogens (tertiary/aromatic N) is 3. The van der Waals surface area contributed by atoms with E-state index in [1.807, 2.05) is 31.4 Å². The van der Waals surface area contributed by atoms with Gasteiger partial charge in [-0.25, -0.2) is 4.98 Å². The van der Waals surface area contributed by atoms with Crippen molar-refractivity contribution in [3.05, 3.63) is 47.2 Å². The van der Waals surface area contributed by atoms with Crippen LogP contribution >= 0.6 is 11.6 Å². The molecule has 20 heavy (non-hydrogen) atoms. The van der Waals surface area contributed by atoms with Crippen molar-refractivity contribution in [2.24, 2.45) is 0 Å². The van der Waals surface area contributed by atoms with Crippen LogP contribution in [0.5, 0.6) is 0 Å². The van der Waals surface area contributed by atoms with Crippen LogP contribution in [0.25, 0.3) is 11.0 Å². The van der Waals surface area contributed by atoms with Gasteiger partial charge in [-0.15, -0.1) is 0 Å². The number of benzene rings is 1. The summed E-state index contributed by atoms with van der Waals surface area (Å²) in [5.41, 5.74) is 8.43. The molecule has 2 heterocycles. The summed E-state index contributed by atoms with van der Waals surface area (Å²) in [6.07, 6.45) is 1.89. The molecule has 3 N–H and O–H groups in total. The number of aromatic amines is 1. The number of aromatic nitrogens is 3. The Morgan fingerprint density at radius 3 is 2.75 bits per heavy atom. The molecule has 0 saturated carbocycles. The highest BCUT2D eigenvalue weighted by atomic mass is 35.5. The van der Waals surface area contributed by atoms with Gasteiger partial charge in [-0.1, -0.05) is 29.8 Å². The maximum absolute atomic E-state index is 6.17. The normalized spacial score (nSPS) is 10.9. The summed E-state index contributed by atoms with van der Waals surface area (Å²) in [6.45, 7) is 0.705. The van der Waals surface area contributed by atoms with Gasteiger partial charge in [0.15, 0.2) is 0 Å². The van der Waals surface area contributed by atoms with Crippen LogP contribution in [0.3, 0.4) is 0 Å². The third-order valence-corrected chi connectivity index (χ3v) is 3.46. The molecule has 0 atom stereocenters. The summed E-state index contributed by atoms with van der Waals surface area (Å²) >= 11 is 6.17. The number of hydrogen-bond acceptors (Lipinski definition) is 4. The molecule has 0 amide bonds. The average molecular weight is 288 g/mol. The highest BCUT2D eigenvalue weighted by Crippen LogP contribution is 2.26. The number of nitrogens with one attached hydrogen (secondary N) is 1. The second-order valence-corrected chi connectivity index (χ2v) is 4.96. The Morgan fingerprint density at radius 1 is 1.25 bits per heavy atom. The van der Waals surface area contributed by atoms with Crippen LogP contribution in [0.4, 0.5) is 11.6 Å². The van der Waals surface area contributed by atoms with E-state index in [1.54, 1.807) is 0 Å². The Balaban J connectivity index is 1.96. The zero-order valence-electron chi connectivity index (χ0n) is 11.0. The lowest BCUT2D eigenvalue weighted by Gasteiger charge is -2.18. The Labute approximate surface area is 121 Å². The Hall–Kier alpha value is -2.27. The van der Waals surface area contributed by atoms with E-state index >= 15 is 0 Å². The molecule has 3 rings (SSSR count). The van der Waals surface area contributed by atoms with Crippen molar-refractivity contribution in [3.8, 4) is 0 Å². The van der Waals surface area contributed by atoms with Crippen molar-refractivity contribution in [3.63, 3.8) is 0 Å². The summed E-state index contributed by atoms with van der Waals surface area (Å²) in [5, 5.41) is 1.20. The van der Waals surface area contributed by atoms with Gasteiger partial charge in [0, 0.05) is 31.0 Å². The smallest absolute Gasteiger partial charge is 0.223 e. The molecule has 2 aromatic heterocycles. The quantitative estimate of drug-likeness (QED) is 0.727. The monoisotopic (exact) mass is 287 g/mol. The predicted octanol–water partition coefficient (Wildman–Crippen LogP) is 2.83. The number of nitrogen functional groups attached to an aromatic ring is 1. The molecule has 102 valence electrons. The van der Waals surface area contributed by atoms with Crippen LogP contribution in [0, 0.1) is 0 Å². The van der Waals surface area contributed by atoms with Gasteiger partial charge >= 0.3 is 0 Å². The molecular formula is C14H14ClN5. The second kappa shape index (κ2) is 5.02. The lowest BCUT2D eigenvalue weighted by atomic mass is 10.2. The molecular weight excluding hydrogens is 274 g/mol. The van der Waals surface area contributed by atoms with Gasteiger partial charge in [-0.2, -0.15) is 4.98 Å². The number of para-hydroxylation sites is 1. The largest absolute Gasteiger partial charge is 0.370 e. The third kappa shape index (κ3) is 2.28. The zero-order valence-corrected chi connectivity index (χ0v) is 11.7. The van der Waals surface area contributed by atoms with Crippen molar-refractivity contribution in [1.82, 2.24) is 15.0 Å². The average Bonchev–Trinajstić information content (AvgIpc) is 2.82. The number of rotatable bonds is 3. The lowest BCUT2D eigenvalue weighted by molar-refractivity contribution is 0.929. The van der Waals surface area contributed by atoms with E-state index in [0.717, 1.165) is 16.6 Å². The molecule has 0 spiro atoms. The minimum absolute atomic E-state index is 0.173. The predicted molar refractivity (Wildman–Crippen MR) is 81.9 cm³/mol. The fourth-order valence-corrected chi connectivity index (χ4v) is 2.52. The standard InChI is InChI=1S/C14H14ClN5/c1-20(10-5-3-2-4-6-10)8-9-7-17-13-11(9)12(15)18-14(16)19-13/h2-7H,8H2,1H3,(H3,16,17,18,19). The lowest BCUT2D eigenvalue weighted by Crippen LogP contribution is -2.15. The highest BCUT2D eigenvalue weighted by molar-refractivity contribution is 6.34. The fourth-order valence-electron chi connectivity index (χ4n) is 2.22. The first kappa shape index (κ1) is 12.7. The molecule has 0 unspecified atom stereocenters. The second-order valence-electron chi connectivity index (χ2n) is 4.60. The molecule has 0 aliphatic heterocycles.